The largest absolute Gasteiger partial charge is 0.348 e. The van der Waals surface area contributed by atoms with Gasteiger partial charge in [-0.1, -0.05) is 30.3 Å². The fraction of sp³-hybridized carbons (Fsp3) is 0.350. The molecule has 0 aromatic heterocycles. The minimum Gasteiger partial charge on any atom is -0.348 e. The van der Waals surface area contributed by atoms with E-state index < -0.39 is 10.0 Å². The SMILES string of the molecule is CN(C)Cc1ccc(CNC(=O)c2cccc(S(=O)(=O)NC3CC3)c2)cc1. The first kappa shape index (κ1) is 19.5. The summed E-state index contributed by atoms with van der Waals surface area (Å²) in [6, 6.07) is 14.2. The van der Waals surface area contributed by atoms with Crippen LogP contribution in [0, 0.1) is 0 Å². The lowest BCUT2D eigenvalue weighted by molar-refractivity contribution is 0.0950. The predicted molar refractivity (Wildman–Crippen MR) is 105 cm³/mol. The molecule has 2 aromatic rings. The fourth-order valence-corrected chi connectivity index (χ4v) is 4.06. The smallest absolute Gasteiger partial charge is 0.251 e. The molecular weight excluding hydrogens is 362 g/mol. The number of hydrogen-bond acceptors (Lipinski definition) is 4. The van der Waals surface area contributed by atoms with Crippen LogP contribution in [-0.4, -0.2) is 39.4 Å². The Hall–Kier alpha value is -2.22. The maximum Gasteiger partial charge on any atom is 0.251 e. The minimum atomic E-state index is -3.57. The fourth-order valence-electron chi connectivity index (χ4n) is 2.71. The Kier molecular flexibility index (Phi) is 5.94. The molecule has 3 rings (SSSR count). The molecule has 1 saturated carbocycles. The highest BCUT2D eigenvalue weighted by Gasteiger charge is 2.28. The van der Waals surface area contributed by atoms with Gasteiger partial charge in [0.05, 0.1) is 4.90 Å². The van der Waals surface area contributed by atoms with Crippen LogP contribution in [0.1, 0.15) is 34.3 Å². The summed E-state index contributed by atoms with van der Waals surface area (Å²) >= 11 is 0. The number of nitrogens with one attached hydrogen (secondary N) is 2. The van der Waals surface area contributed by atoms with E-state index in [2.05, 4.69) is 14.9 Å². The topological polar surface area (TPSA) is 78.5 Å². The van der Waals surface area contributed by atoms with Gasteiger partial charge in [-0.25, -0.2) is 13.1 Å². The van der Waals surface area contributed by atoms with E-state index in [0.717, 1.165) is 24.9 Å². The van der Waals surface area contributed by atoms with Gasteiger partial charge in [0.25, 0.3) is 5.91 Å². The van der Waals surface area contributed by atoms with E-state index in [1.54, 1.807) is 12.1 Å². The van der Waals surface area contributed by atoms with Gasteiger partial charge >= 0.3 is 0 Å². The highest BCUT2D eigenvalue weighted by atomic mass is 32.2. The Bertz CT molecular complexity index is 904. The number of carbonyl (C=O) groups excluding carboxylic acids is 1. The number of carbonyl (C=O) groups is 1. The number of rotatable bonds is 8. The Balaban J connectivity index is 1.61. The molecule has 0 atom stereocenters. The zero-order valence-electron chi connectivity index (χ0n) is 15.6. The van der Waals surface area contributed by atoms with E-state index >= 15 is 0 Å². The van der Waals surface area contributed by atoms with Gasteiger partial charge in [0.2, 0.25) is 10.0 Å². The summed E-state index contributed by atoms with van der Waals surface area (Å²) in [5, 5.41) is 2.84. The molecule has 27 heavy (non-hydrogen) atoms. The molecule has 6 nitrogen and oxygen atoms in total. The average Bonchev–Trinajstić information content (AvgIpc) is 3.44. The zero-order chi connectivity index (χ0) is 19.4. The van der Waals surface area contributed by atoms with Crippen molar-refractivity contribution in [3.05, 3.63) is 65.2 Å². The third-order valence-electron chi connectivity index (χ3n) is 4.28. The molecule has 0 radical (unpaired) electrons. The Morgan fingerprint density at radius 1 is 1.07 bits per heavy atom. The predicted octanol–water partition coefficient (Wildman–Crippen LogP) is 2.12. The summed E-state index contributed by atoms with van der Waals surface area (Å²) in [4.78, 5) is 14.6. The van der Waals surface area contributed by atoms with Gasteiger partial charge in [-0.05, 0) is 56.3 Å². The van der Waals surface area contributed by atoms with E-state index in [1.165, 1.54) is 17.7 Å². The third kappa shape index (κ3) is 5.63. The molecule has 1 aliphatic rings. The molecule has 1 amide bonds. The molecule has 0 bridgehead atoms. The van der Waals surface area contributed by atoms with Crippen molar-refractivity contribution in [1.82, 2.24) is 14.9 Å². The van der Waals surface area contributed by atoms with E-state index in [0.29, 0.717) is 12.1 Å². The van der Waals surface area contributed by atoms with Crippen LogP contribution in [0.5, 0.6) is 0 Å². The van der Waals surface area contributed by atoms with E-state index in [4.69, 9.17) is 0 Å². The lowest BCUT2D eigenvalue weighted by Crippen LogP contribution is -2.27. The van der Waals surface area contributed by atoms with Gasteiger partial charge in [0.15, 0.2) is 0 Å². The Labute approximate surface area is 160 Å². The van der Waals surface area contributed by atoms with E-state index in [-0.39, 0.29) is 16.8 Å². The molecule has 0 aliphatic heterocycles. The van der Waals surface area contributed by atoms with Crippen LogP contribution in [0.2, 0.25) is 0 Å². The molecule has 0 unspecified atom stereocenters. The average molecular weight is 388 g/mol. The van der Waals surface area contributed by atoms with Gasteiger partial charge in [0.1, 0.15) is 0 Å². The molecule has 0 heterocycles. The van der Waals surface area contributed by atoms with Gasteiger partial charge in [-0.2, -0.15) is 0 Å². The molecule has 2 aromatic carbocycles. The number of nitrogens with zero attached hydrogens (tertiary/aromatic N) is 1. The molecule has 1 fully saturated rings. The van der Waals surface area contributed by atoms with Gasteiger partial charge < -0.3 is 10.2 Å². The second-order valence-corrected chi connectivity index (χ2v) is 8.87. The summed E-state index contributed by atoms with van der Waals surface area (Å²) in [5.74, 6) is -0.296. The molecule has 144 valence electrons. The molecular formula is C20H25N3O3S. The van der Waals surface area contributed by atoms with Crippen molar-refractivity contribution in [2.75, 3.05) is 14.1 Å². The quantitative estimate of drug-likeness (QED) is 0.727. The van der Waals surface area contributed by atoms with Crippen molar-refractivity contribution in [1.29, 1.82) is 0 Å². The van der Waals surface area contributed by atoms with Crippen LogP contribution in [0.3, 0.4) is 0 Å². The van der Waals surface area contributed by atoms with Crippen LogP contribution in [-0.2, 0) is 23.1 Å². The van der Waals surface area contributed by atoms with Gasteiger partial charge in [-0.15, -0.1) is 0 Å². The first-order chi connectivity index (χ1) is 12.8. The summed E-state index contributed by atoms with van der Waals surface area (Å²) in [5.41, 5.74) is 2.53. The molecule has 2 N–H and O–H groups in total. The second-order valence-electron chi connectivity index (χ2n) is 7.16. The molecule has 0 saturated heterocycles. The number of amides is 1. The number of hydrogen-bond donors (Lipinski definition) is 2. The third-order valence-corrected chi connectivity index (χ3v) is 5.80. The Morgan fingerprint density at radius 2 is 1.74 bits per heavy atom. The highest BCUT2D eigenvalue weighted by molar-refractivity contribution is 7.89. The van der Waals surface area contributed by atoms with Crippen LogP contribution in [0.4, 0.5) is 0 Å². The van der Waals surface area contributed by atoms with Crippen molar-refractivity contribution in [2.24, 2.45) is 0 Å². The molecule has 1 aliphatic carbocycles. The summed E-state index contributed by atoms with van der Waals surface area (Å²) in [6.07, 6.45) is 1.74. The maximum absolute atomic E-state index is 12.4. The summed E-state index contributed by atoms with van der Waals surface area (Å²) in [7, 11) is 0.464. The van der Waals surface area contributed by atoms with Crippen molar-refractivity contribution in [3.8, 4) is 0 Å². The van der Waals surface area contributed by atoms with Crippen molar-refractivity contribution in [2.45, 2.75) is 36.9 Å². The normalized spacial score (nSPS) is 14.3. The monoisotopic (exact) mass is 387 g/mol. The first-order valence-corrected chi connectivity index (χ1v) is 10.4. The minimum absolute atomic E-state index is 0.0305. The van der Waals surface area contributed by atoms with Crippen LogP contribution >= 0.6 is 0 Å². The van der Waals surface area contributed by atoms with Crippen molar-refractivity contribution in [3.63, 3.8) is 0 Å². The van der Waals surface area contributed by atoms with Crippen LogP contribution < -0.4 is 10.0 Å². The Morgan fingerprint density at radius 3 is 2.37 bits per heavy atom. The number of benzene rings is 2. The lowest BCUT2D eigenvalue weighted by atomic mass is 10.1. The number of sulfonamides is 1. The van der Waals surface area contributed by atoms with Gasteiger partial charge in [-0.3, -0.25) is 4.79 Å². The van der Waals surface area contributed by atoms with Crippen molar-refractivity contribution < 1.29 is 13.2 Å². The van der Waals surface area contributed by atoms with Crippen LogP contribution in [0.15, 0.2) is 53.4 Å². The molecule has 0 spiro atoms. The maximum atomic E-state index is 12.4. The summed E-state index contributed by atoms with van der Waals surface area (Å²) < 4.78 is 27.2. The zero-order valence-corrected chi connectivity index (χ0v) is 16.4. The standard InChI is InChI=1S/C20H25N3O3S/c1-23(2)14-16-8-6-15(7-9-16)13-21-20(24)17-4-3-5-19(12-17)27(25,26)22-18-10-11-18/h3-9,12,18,22H,10-11,13-14H2,1-2H3,(H,21,24). The van der Waals surface area contributed by atoms with E-state index in [1.807, 2.05) is 38.4 Å². The molecule has 7 heteroatoms. The highest BCUT2D eigenvalue weighted by Crippen LogP contribution is 2.22. The van der Waals surface area contributed by atoms with E-state index in [9.17, 15) is 13.2 Å². The lowest BCUT2D eigenvalue weighted by Gasteiger charge is -2.11. The second kappa shape index (κ2) is 8.21. The van der Waals surface area contributed by atoms with Crippen LogP contribution in [0.25, 0.3) is 0 Å². The van der Waals surface area contributed by atoms with Gasteiger partial charge in [0, 0.05) is 24.7 Å². The summed E-state index contributed by atoms with van der Waals surface area (Å²) in [6.45, 7) is 1.25. The van der Waals surface area contributed by atoms with Crippen molar-refractivity contribution >= 4 is 15.9 Å². The first-order valence-electron chi connectivity index (χ1n) is 8.96.